The van der Waals surface area contributed by atoms with Gasteiger partial charge in [0.15, 0.2) is 9.84 Å². The summed E-state index contributed by atoms with van der Waals surface area (Å²) in [5.41, 5.74) is -0.0792. The van der Waals surface area contributed by atoms with E-state index in [1.165, 1.54) is 24.3 Å². The molecule has 1 aliphatic rings. The van der Waals surface area contributed by atoms with Gasteiger partial charge in [0.2, 0.25) is 0 Å². The van der Waals surface area contributed by atoms with E-state index in [2.05, 4.69) is 0 Å². The standard InChI is InChI=1S/C18H14F3NO4S/c19-18(20,21)17(23)22(14-10-11-27(24,25)12-14)13-6-8-16(9-7-13)26-15-4-2-1-3-5-15/h1-11,14H,12H2. The van der Waals surface area contributed by atoms with Gasteiger partial charge in [-0.1, -0.05) is 18.2 Å². The van der Waals surface area contributed by atoms with Crippen LogP contribution in [0.5, 0.6) is 11.5 Å². The van der Waals surface area contributed by atoms with Crippen molar-refractivity contribution < 1.29 is 31.1 Å². The highest BCUT2D eigenvalue weighted by atomic mass is 32.2. The molecule has 0 saturated heterocycles. The fourth-order valence-electron chi connectivity index (χ4n) is 2.62. The summed E-state index contributed by atoms with van der Waals surface area (Å²) in [6, 6.07) is 12.9. The van der Waals surface area contributed by atoms with Crippen LogP contribution >= 0.6 is 0 Å². The Kier molecular flexibility index (Phi) is 4.97. The van der Waals surface area contributed by atoms with Crippen molar-refractivity contribution in [2.45, 2.75) is 12.2 Å². The first-order chi connectivity index (χ1) is 12.7. The van der Waals surface area contributed by atoms with Crippen molar-refractivity contribution in [1.29, 1.82) is 0 Å². The number of amides is 1. The van der Waals surface area contributed by atoms with E-state index in [0.717, 1.165) is 11.5 Å². The lowest BCUT2D eigenvalue weighted by atomic mass is 10.2. The third-order valence-electron chi connectivity index (χ3n) is 3.80. The van der Waals surface area contributed by atoms with E-state index in [-0.39, 0.29) is 5.69 Å². The molecule has 27 heavy (non-hydrogen) atoms. The highest BCUT2D eigenvalue weighted by Gasteiger charge is 2.46. The van der Waals surface area contributed by atoms with Gasteiger partial charge >= 0.3 is 12.1 Å². The van der Waals surface area contributed by atoms with Crippen LogP contribution in [0.15, 0.2) is 66.1 Å². The Morgan fingerprint density at radius 2 is 1.59 bits per heavy atom. The highest BCUT2D eigenvalue weighted by Crippen LogP contribution is 2.31. The highest BCUT2D eigenvalue weighted by molar-refractivity contribution is 7.94. The number of hydrogen-bond donors (Lipinski definition) is 0. The Morgan fingerprint density at radius 1 is 1.00 bits per heavy atom. The van der Waals surface area contributed by atoms with E-state index >= 15 is 0 Å². The topological polar surface area (TPSA) is 63.7 Å². The molecule has 9 heteroatoms. The molecule has 0 saturated carbocycles. The molecule has 0 aromatic heterocycles. The number of rotatable bonds is 4. The smallest absolute Gasteiger partial charge is 0.457 e. The number of nitrogens with zero attached hydrogens (tertiary/aromatic N) is 1. The summed E-state index contributed by atoms with van der Waals surface area (Å²) in [5.74, 6) is -1.83. The summed E-state index contributed by atoms with van der Waals surface area (Å²) in [4.78, 5) is 12.3. The summed E-state index contributed by atoms with van der Waals surface area (Å²) >= 11 is 0. The number of sulfone groups is 1. The Morgan fingerprint density at radius 3 is 2.11 bits per heavy atom. The number of carbonyl (C=O) groups excluding carboxylic acids is 1. The third-order valence-corrected chi connectivity index (χ3v) is 5.18. The van der Waals surface area contributed by atoms with E-state index in [4.69, 9.17) is 4.74 Å². The maximum Gasteiger partial charge on any atom is 0.471 e. The van der Waals surface area contributed by atoms with Gasteiger partial charge in [-0.3, -0.25) is 9.69 Å². The molecule has 142 valence electrons. The van der Waals surface area contributed by atoms with Crippen molar-refractivity contribution in [1.82, 2.24) is 0 Å². The fraction of sp³-hybridized carbons (Fsp3) is 0.167. The van der Waals surface area contributed by atoms with Crippen LogP contribution in [0.4, 0.5) is 18.9 Å². The van der Waals surface area contributed by atoms with Crippen LogP contribution in [-0.2, 0) is 14.6 Å². The second-order valence-electron chi connectivity index (χ2n) is 5.81. The zero-order chi connectivity index (χ0) is 19.7. The molecule has 0 aliphatic carbocycles. The Balaban J connectivity index is 1.88. The number of alkyl halides is 3. The second kappa shape index (κ2) is 7.07. The van der Waals surface area contributed by atoms with Crippen molar-refractivity contribution in [2.24, 2.45) is 0 Å². The minimum Gasteiger partial charge on any atom is -0.457 e. The normalized spacial score (nSPS) is 18.3. The Bertz CT molecular complexity index is 954. The van der Waals surface area contributed by atoms with Crippen molar-refractivity contribution >= 4 is 21.4 Å². The lowest BCUT2D eigenvalue weighted by Crippen LogP contribution is -2.47. The zero-order valence-corrected chi connectivity index (χ0v) is 14.6. The third kappa shape index (κ3) is 4.48. The quantitative estimate of drug-likeness (QED) is 0.790. The molecule has 3 rings (SSSR count). The minimum absolute atomic E-state index is 0.0792. The van der Waals surface area contributed by atoms with Crippen LogP contribution in [0.3, 0.4) is 0 Å². The number of anilines is 1. The summed E-state index contributed by atoms with van der Waals surface area (Å²) in [6.07, 6.45) is -4.06. The van der Waals surface area contributed by atoms with E-state index in [1.54, 1.807) is 30.3 Å². The number of benzene rings is 2. The van der Waals surface area contributed by atoms with Gasteiger partial charge in [0.05, 0.1) is 11.8 Å². The molecule has 2 aromatic carbocycles. The number of carbonyl (C=O) groups is 1. The van der Waals surface area contributed by atoms with Gasteiger partial charge in [-0.2, -0.15) is 13.2 Å². The van der Waals surface area contributed by atoms with Crippen LogP contribution in [0.25, 0.3) is 0 Å². The SMILES string of the molecule is O=C(N(c1ccc(Oc2ccccc2)cc1)C1C=CS(=O)(=O)C1)C(F)(F)F. The van der Waals surface area contributed by atoms with Gasteiger partial charge < -0.3 is 4.74 Å². The van der Waals surface area contributed by atoms with Crippen molar-refractivity contribution in [3.63, 3.8) is 0 Å². The first-order valence-electron chi connectivity index (χ1n) is 7.80. The summed E-state index contributed by atoms with van der Waals surface area (Å²) in [5, 5.41) is 0.821. The first-order valence-corrected chi connectivity index (χ1v) is 9.51. The Labute approximate surface area is 153 Å². The van der Waals surface area contributed by atoms with Crippen molar-refractivity contribution in [3.8, 4) is 11.5 Å². The molecule has 1 unspecified atom stereocenters. The average molecular weight is 397 g/mol. The van der Waals surface area contributed by atoms with Gasteiger partial charge in [-0.05, 0) is 42.5 Å². The van der Waals surface area contributed by atoms with Crippen LogP contribution < -0.4 is 9.64 Å². The molecule has 1 heterocycles. The van der Waals surface area contributed by atoms with Crippen LogP contribution in [0, 0.1) is 0 Å². The van der Waals surface area contributed by atoms with Gasteiger partial charge in [0.25, 0.3) is 0 Å². The number of para-hydroxylation sites is 1. The van der Waals surface area contributed by atoms with E-state index in [9.17, 15) is 26.4 Å². The van der Waals surface area contributed by atoms with Crippen LogP contribution in [-0.4, -0.2) is 32.3 Å². The molecule has 0 N–H and O–H groups in total. The monoisotopic (exact) mass is 397 g/mol. The van der Waals surface area contributed by atoms with E-state index in [1.807, 2.05) is 0 Å². The maximum atomic E-state index is 13.0. The molecule has 1 aliphatic heterocycles. The first kappa shape index (κ1) is 19.0. The maximum absolute atomic E-state index is 13.0. The summed E-state index contributed by atoms with van der Waals surface area (Å²) in [7, 11) is -3.64. The molecule has 0 radical (unpaired) electrons. The summed E-state index contributed by atoms with van der Waals surface area (Å²) < 4.78 is 67.7. The van der Waals surface area contributed by atoms with Crippen LogP contribution in [0.1, 0.15) is 0 Å². The van der Waals surface area contributed by atoms with Gasteiger partial charge in [-0.15, -0.1) is 0 Å². The molecule has 0 fully saturated rings. The van der Waals surface area contributed by atoms with E-state index < -0.39 is 33.7 Å². The molecular formula is C18H14F3NO4S. The lowest BCUT2D eigenvalue weighted by Gasteiger charge is -2.28. The van der Waals surface area contributed by atoms with E-state index in [0.29, 0.717) is 16.4 Å². The molecule has 0 bridgehead atoms. The fourth-order valence-corrected chi connectivity index (χ4v) is 3.88. The second-order valence-corrected chi connectivity index (χ2v) is 7.74. The number of hydrogen-bond acceptors (Lipinski definition) is 4. The number of ether oxygens (including phenoxy) is 1. The molecular weight excluding hydrogens is 383 g/mol. The summed E-state index contributed by atoms with van der Waals surface area (Å²) in [6.45, 7) is 0. The molecule has 1 atom stereocenters. The van der Waals surface area contributed by atoms with Gasteiger partial charge in [0.1, 0.15) is 11.5 Å². The van der Waals surface area contributed by atoms with Gasteiger partial charge in [-0.25, -0.2) is 8.42 Å². The zero-order valence-electron chi connectivity index (χ0n) is 13.8. The molecule has 2 aromatic rings. The average Bonchev–Trinajstić information content (AvgIpc) is 2.96. The lowest BCUT2D eigenvalue weighted by molar-refractivity contribution is -0.170. The predicted molar refractivity (Wildman–Crippen MR) is 93.2 cm³/mol. The molecule has 0 spiro atoms. The van der Waals surface area contributed by atoms with Crippen LogP contribution in [0.2, 0.25) is 0 Å². The predicted octanol–water partition coefficient (Wildman–Crippen LogP) is 3.68. The Hall–Kier alpha value is -2.81. The largest absolute Gasteiger partial charge is 0.471 e. The molecule has 1 amide bonds. The minimum atomic E-state index is -5.14. The number of halogens is 3. The molecule has 5 nitrogen and oxygen atoms in total. The van der Waals surface area contributed by atoms with Crippen molar-refractivity contribution in [3.05, 3.63) is 66.1 Å². The van der Waals surface area contributed by atoms with Crippen molar-refractivity contribution in [2.75, 3.05) is 10.7 Å². The van der Waals surface area contributed by atoms with Gasteiger partial charge in [0, 0.05) is 11.1 Å².